The van der Waals surface area contributed by atoms with Crippen molar-refractivity contribution in [3.63, 3.8) is 0 Å². The fraction of sp³-hybridized carbons (Fsp3) is 0.250. The van der Waals surface area contributed by atoms with Crippen molar-refractivity contribution in [3.05, 3.63) is 71.4 Å². The number of benzene rings is 2. The molecule has 0 aliphatic rings. The first-order chi connectivity index (χ1) is 11.1. The molecule has 118 valence electrons. The van der Waals surface area contributed by atoms with Crippen molar-refractivity contribution in [1.82, 2.24) is 9.88 Å². The molecular weight excluding hydrogens is 284 g/mol. The average Bonchev–Trinajstić information content (AvgIpc) is 2.99. The minimum atomic E-state index is -0.171. The number of ketones is 1. The number of aromatic amines is 1. The molecule has 0 fully saturated rings. The van der Waals surface area contributed by atoms with E-state index in [4.69, 9.17) is 0 Å². The number of likely N-dealkylation sites (N-methyl/N-ethyl adjacent to an activating group) is 1. The third kappa shape index (κ3) is 3.20. The van der Waals surface area contributed by atoms with Gasteiger partial charge in [0.25, 0.3) is 0 Å². The van der Waals surface area contributed by atoms with E-state index in [9.17, 15) is 4.79 Å². The number of rotatable bonds is 5. The molecule has 1 unspecified atom stereocenters. The smallest absolute Gasteiger partial charge is 0.181 e. The van der Waals surface area contributed by atoms with Gasteiger partial charge >= 0.3 is 0 Å². The van der Waals surface area contributed by atoms with Crippen molar-refractivity contribution in [2.45, 2.75) is 26.4 Å². The maximum Gasteiger partial charge on any atom is 0.181 e. The summed E-state index contributed by atoms with van der Waals surface area (Å²) in [5.74, 6) is 0.150. The number of aryl methyl sites for hydroxylation is 1. The van der Waals surface area contributed by atoms with Crippen LogP contribution in [0.2, 0.25) is 0 Å². The molecule has 1 N–H and O–H groups in total. The number of carbonyl (C=O) groups is 1. The van der Waals surface area contributed by atoms with Crippen molar-refractivity contribution in [1.29, 1.82) is 0 Å². The van der Waals surface area contributed by atoms with Gasteiger partial charge in [-0.25, -0.2) is 0 Å². The molecule has 0 radical (unpaired) electrons. The predicted molar refractivity (Wildman–Crippen MR) is 94.7 cm³/mol. The molecule has 1 heterocycles. The van der Waals surface area contributed by atoms with Gasteiger partial charge in [0.2, 0.25) is 0 Å². The Labute approximate surface area is 136 Å². The molecule has 0 spiro atoms. The van der Waals surface area contributed by atoms with Crippen LogP contribution >= 0.6 is 0 Å². The summed E-state index contributed by atoms with van der Waals surface area (Å²) in [6.07, 6.45) is 1.82. The highest BCUT2D eigenvalue weighted by atomic mass is 16.1. The van der Waals surface area contributed by atoms with E-state index in [0.717, 1.165) is 23.0 Å². The summed E-state index contributed by atoms with van der Waals surface area (Å²) in [6, 6.07) is 16.2. The van der Waals surface area contributed by atoms with E-state index in [1.807, 2.05) is 44.4 Å². The SMILES string of the molecule is Cc1ccc(CN(C)C(C)C(=O)c2c[nH]c3ccccc23)cc1. The molecule has 0 aliphatic heterocycles. The monoisotopic (exact) mass is 306 g/mol. The Hall–Kier alpha value is -2.39. The molecule has 1 atom stereocenters. The lowest BCUT2D eigenvalue weighted by molar-refractivity contribution is 0.0864. The summed E-state index contributed by atoms with van der Waals surface area (Å²) in [5.41, 5.74) is 4.24. The van der Waals surface area contributed by atoms with E-state index in [-0.39, 0.29) is 11.8 Å². The third-order valence-corrected chi connectivity index (χ3v) is 4.45. The summed E-state index contributed by atoms with van der Waals surface area (Å²) < 4.78 is 0. The quantitative estimate of drug-likeness (QED) is 0.718. The molecule has 0 aliphatic carbocycles. The number of hydrogen-bond acceptors (Lipinski definition) is 2. The Morgan fingerprint density at radius 3 is 2.57 bits per heavy atom. The van der Waals surface area contributed by atoms with Crippen LogP contribution in [0, 0.1) is 6.92 Å². The molecule has 0 bridgehead atoms. The standard InChI is InChI=1S/C20H22N2O/c1-14-8-10-16(11-9-14)13-22(3)15(2)20(23)18-12-21-19-7-5-4-6-17(18)19/h4-12,15,21H,13H2,1-3H3. The van der Waals surface area contributed by atoms with Gasteiger partial charge in [-0.05, 0) is 32.5 Å². The van der Waals surface area contributed by atoms with Gasteiger partial charge in [0.05, 0.1) is 6.04 Å². The summed E-state index contributed by atoms with van der Waals surface area (Å²) >= 11 is 0. The number of carbonyl (C=O) groups excluding carboxylic acids is 1. The van der Waals surface area contributed by atoms with Crippen LogP contribution in [0.1, 0.15) is 28.4 Å². The first-order valence-electron chi connectivity index (χ1n) is 7.92. The number of hydrogen-bond donors (Lipinski definition) is 1. The largest absolute Gasteiger partial charge is 0.360 e. The maximum absolute atomic E-state index is 12.8. The van der Waals surface area contributed by atoms with Crippen LogP contribution in [0.3, 0.4) is 0 Å². The second-order valence-electron chi connectivity index (χ2n) is 6.19. The number of para-hydroxylation sites is 1. The van der Waals surface area contributed by atoms with E-state index in [1.165, 1.54) is 11.1 Å². The molecule has 0 saturated heterocycles. The van der Waals surface area contributed by atoms with E-state index in [0.29, 0.717) is 0 Å². The van der Waals surface area contributed by atoms with Crippen molar-refractivity contribution in [2.75, 3.05) is 7.05 Å². The lowest BCUT2D eigenvalue weighted by Crippen LogP contribution is -2.35. The Kier molecular flexibility index (Phi) is 4.30. The average molecular weight is 306 g/mol. The number of nitrogens with zero attached hydrogens (tertiary/aromatic N) is 1. The van der Waals surface area contributed by atoms with Gasteiger partial charge in [-0.3, -0.25) is 9.69 Å². The molecular formula is C20H22N2O. The third-order valence-electron chi connectivity index (χ3n) is 4.45. The zero-order chi connectivity index (χ0) is 16.4. The van der Waals surface area contributed by atoms with Crippen LogP contribution in [-0.2, 0) is 6.54 Å². The lowest BCUT2D eigenvalue weighted by Gasteiger charge is -2.23. The van der Waals surface area contributed by atoms with Crippen LogP contribution in [0.15, 0.2) is 54.7 Å². The van der Waals surface area contributed by atoms with Gasteiger partial charge in [0.15, 0.2) is 5.78 Å². The highest BCUT2D eigenvalue weighted by molar-refractivity contribution is 6.10. The molecule has 23 heavy (non-hydrogen) atoms. The molecule has 3 heteroatoms. The van der Waals surface area contributed by atoms with Crippen molar-refractivity contribution >= 4 is 16.7 Å². The molecule has 3 aromatic rings. The normalized spacial score (nSPS) is 12.7. The second kappa shape index (κ2) is 6.39. The molecule has 0 saturated carbocycles. The first kappa shape index (κ1) is 15.5. The Bertz CT molecular complexity index is 817. The predicted octanol–water partition coefficient (Wildman–Crippen LogP) is 4.18. The minimum absolute atomic E-state index is 0.150. The Morgan fingerprint density at radius 2 is 1.83 bits per heavy atom. The summed E-state index contributed by atoms with van der Waals surface area (Å²) in [4.78, 5) is 18.1. The van der Waals surface area contributed by atoms with Crippen molar-refractivity contribution in [2.24, 2.45) is 0 Å². The molecule has 0 amide bonds. The topological polar surface area (TPSA) is 36.1 Å². The fourth-order valence-corrected chi connectivity index (χ4v) is 2.82. The van der Waals surface area contributed by atoms with Gasteiger partial charge in [0.1, 0.15) is 0 Å². The molecule has 3 nitrogen and oxygen atoms in total. The zero-order valence-corrected chi connectivity index (χ0v) is 13.8. The maximum atomic E-state index is 12.8. The fourth-order valence-electron chi connectivity index (χ4n) is 2.82. The van der Waals surface area contributed by atoms with Gasteiger partial charge < -0.3 is 4.98 Å². The number of fused-ring (bicyclic) bond motifs is 1. The van der Waals surface area contributed by atoms with Gasteiger partial charge in [0, 0.05) is 29.2 Å². The van der Waals surface area contributed by atoms with Crippen molar-refractivity contribution in [3.8, 4) is 0 Å². The summed E-state index contributed by atoms with van der Waals surface area (Å²) in [7, 11) is 2.00. The van der Waals surface area contributed by atoms with Crippen LogP contribution in [0.25, 0.3) is 10.9 Å². The minimum Gasteiger partial charge on any atom is -0.360 e. The van der Waals surface area contributed by atoms with Crippen LogP contribution in [0.5, 0.6) is 0 Å². The highest BCUT2D eigenvalue weighted by Gasteiger charge is 2.22. The highest BCUT2D eigenvalue weighted by Crippen LogP contribution is 2.21. The Morgan fingerprint density at radius 1 is 1.13 bits per heavy atom. The van der Waals surface area contributed by atoms with Crippen LogP contribution < -0.4 is 0 Å². The van der Waals surface area contributed by atoms with Gasteiger partial charge in [-0.1, -0.05) is 48.0 Å². The number of Topliss-reactive ketones (excluding diaryl/α,β-unsaturated/α-hetero) is 1. The second-order valence-corrected chi connectivity index (χ2v) is 6.19. The first-order valence-corrected chi connectivity index (χ1v) is 7.92. The van der Waals surface area contributed by atoms with Crippen molar-refractivity contribution < 1.29 is 4.79 Å². The zero-order valence-electron chi connectivity index (χ0n) is 13.8. The summed E-state index contributed by atoms with van der Waals surface area (Å²) in [6.45, 7) is 4.81. The van der Waals surface area contributed by atoms with E-state index >= 15 is 0 Å². The molecule has 3 rings (SSSR count). The molecule has 1 aromatic heterocycles. The summed E-state index contributed by atoms with van der Waals surface area (Å²) in [5, 5.41) is 0.994. The number of nitrogens with one attached hydrogen (secondary N) is 1. The van der Waals surface area contributed by atoms with Gasteiger partial charge in [-0.15, -0.1) is 0 Å². The number of H-pyrrole nitrogens is 1. The van der Waals surface area contributed by atoms with Crippen LogP contribution in [-0.4, -0.2) is 28.8 Å². The van der Waals surface area contributed by atoms with Gasteiger partial charge in [-0.2, -0.15) is 0 Å². The number of aromatic nitrogens is 1. The van der Waals surface area contributed by atoms with Crippen LogP contribution in [0.4, 0.5) is 0 Å². The molecule has 2 aromatic carbocycles. The van der Waals surface area contributed by atoms with E-state index in [1.54, 1.807) is 0 Å². The van der Waals surface area contributed by atoms with E-state index in [2.05, 4.69) is 41.1 Å². The van der Waals surface area contributed by atoms with E-state index < -0.39 is 0 Å². The lowest BCUT2D eigenvalue weighted by atomic mass is 10.0. The Balaban J connectivity index is 1.77.